The largest absolute Gasteiger partial charge is 0.457 e. The van der Waals surface area contributed by atoms with E-state index in [2.05, 4.69) is 271 Å². The predicted molar refractivity (Wildman–Crippen MR) is 530 cm³/mol. The lowest BCUT2D eigenvalue weighted by Crippen LogP contribution is -2.62. The molecule has 13 aliphatic rings. The number of benzene rings is 4. The number of para-hydroxylation sites is 4. The van der Waals surface area contributed by atoms with Gasteiger partial charge in [0.1, 0.15) is 56.7 Å². The fourth-order valence-electron chi connectivity index (χ4n) is 29.8. The van der Waals surface area contributed by atoms with Crippen molar-refractivity contribution in [1.29, 1.82) is 0 Å². The van der Waals surface area contributed by atoms with Crippen molar-refractivity contribution < 1.29 is 22.1 Å². The molecule has 18 heterocycles. The van der Waals surface area contributed by atoms with Gasteiger partial charge in [-0.2, -0.15) is 0 Å². The molecule has 7 atom stereocenters. The second kappa shape index (κ2) is 29.7. The zero-order valence-electron chi connectivity index (χ0n) is 81.0. The molecule has 4 aromatic carbocycles. The Kier molecular flexibility index (Phi) is 19.1. The van der Waals surface area contributed by atoms with Crippen molar-refractivity contribution >= 4 is 84.1 Å². The zero-order valence-corrected chi connectivity index (χ0v) is 81.0. The van der Waals surface area contributed by atoms with E-state index >= 15 is 0 Å². The SMILES string of the molecule is Cc1cccc2c1N1C(C)c3oc4cccnc4c3C1(C)C(C)(C)C2(C)C.Cc1cccc2c1N1C(C)c3oc4cccnc4c3C1(C)C(C)(C)C2(C)C.Cc1ccccc1N1C(C)c2oc3cccnc3c2C12C1CC3CC(C1)CC2C3.Cc1ccccc1N1C(C)c2oc3ncccc3c2C12CCCC2.Cc1cccnc1N1C(C)c2oc3cccnc3c2C12CCCCC2. The lowest BCUT2D eigenvalue weighted by Gasteiger charge is -2.63. The standard InChI is InChI=1S/C26H28N2O.2C24H28N2O.C21H23N3O.C21H22N2O/c1-15-6-3-4-7-21(15)28-16(2)25-23(24-22(29-25)8-5-9-27-24)26(28)19-11-17-10-18(13-19)14-20(26)12-17;2*1-14-10-8-11-16-20(14)26-15(2)21-18(19-17(27-21)12-9-13-25-19)24(26,7)23(5,6)22(16,3)4;1-14-8-6-13-23-20(14)24-15(2)19-17(21(24)10-4-3-5-11-21)18-16(25-19)9-7-12-22-18;1-14-8-3-4-10-17(14)23-15(2)19-18(21(23)11-5-6-12-21)16-9-7-13-22-20(16)24-19/h3-9,16-20H,10-14H2,1-2H3;2*8-13,15H,1-7H3;6-9,12-13,15H,3-5,10-11H2,1-2H3;3-4,7-10,13,15H,5-6,11-12H2,1-2H3. The first-order valence-corrected chi connectivity index (χ1v) is 49.5. The molecule has 4 bridgehead atoms. The summed E-state index contributed by atoms with van der Waals surface area (Å²) in [4.78, 5) is 41.5. The van der Waals surface area contributed by atoms with Gasteiger partial charge in [0.15, 0.2) is 22.3 Å². The van der Waals surface area contributed by atoms with Crippen molar-refractivity contribution in [3.63, 3.8) is 0 Å². The Balaban J connectivity index is 0.0000000937. The number of hydrogen-bond donors (Lipinski definition) is 0. The monoisotopic (exact) mass is 1760 g/mol. The summed E-state index contributed by atoms with van der Waals surface area (Å²) in [5, 5.41) is 1.21. The minimum Gasteiger partial charge on any atom is -0.457 e. The molecule has 0 radical (unpaired) electrons. The van der Waals surface area contributed by atoms with E-state index in [4.69, 9.17) is 47.0 Å². The average Bonchev–Trinajstić information content (AvgIpc) is 1.48. The van der Waals surface area contributed by atoms with Crippen LogP contribution in [0.5, 0.6) is 0 Å². The van der Waals surface area contributed by atoms with Gasteiger partial charge in [-0.1, -0.05) is 166 Å². The van der Waals surface area contributed by atoms with Gasteiger partial charge in [-0.3, -0.25) is 19.9 Å². The van der Waals surface area contributed by atoms with Crippen LogP contribution in [0.15, 0.2) is 217 Å². The Morgan fingerprint density at radius 3 is 1.14 bits per heavy atom. The first-order valence-electron chi connectivity index (χ1n) is 49.5. The smallest absolute Gasteiger partial charge is 0.226 e. The first kappa shape index (κ1) is 84.7. The quantitative estimate of drug-likeness (QED) is 0.164. The number of rotatable bonds is 3. The lowest BCUT2D eigenvalue weighted by molar-refractivity contribution is -0.0597. The third kappa shape index (κ3) is 11.1. The van der Waals surface area contributed by atoms with Crippen LogP contribution in [-0.2, 0) is 38.5 Å². The number of pyridine rings is 6. The Labute approximate surface area is 777 Å². The topological polar surface area (TPSA) is 159 Å². The van der Waals surface area contributed by atoms with Crippen molar-refractivity contribution in [2.24, 2.45) is 34.5 Å². The summed E-state index contributed by atoms with van der Waals surface area (Å²) in [5.41, 5.74) is 29.9. The van der Waals surface area contributed by atoms with Crippen molar-refractivity contribution in [3.8, 4) is 0 Å². The van der Waals surface area contributed by atoms with Gasteiger partial charge < -0.3 is 46.6 Å². The summed E-state index contributed by atoms with van der Waals surface area (Å²) in [6, 6.07) is 56.7. The van der Waals surface area contributed by atoms with Crippen molar-refractivity contribution in [2.75, 3.05) is 24.5 Å². The minimum atomic E-state index is -0.204. The summed E-state index contributed by atoms with van der Waals surface area (Å²) < 4.78 is 31.9. The maximum absolute atomic E-state index is 6.54. The van der Waals surface area contributed by atoms with Gasteiger partial charge in [-0.15, -0.1) is 0 Å². The Morgan fingerprint density at radius 2 is 0.659 bits per heavy atom. The van der Waals surface area contributed by atoms with E-state index in [0.717, 1.165) is 104 Å². The number of aromatic nitrogens is 6. The highest BCUT2D eigenvalue weighted by atomic mass is 16.4. The second-order valence-electron chi connectivity index (χ2n) is 44.0. The van der Waals surface area contributed by atoms with E-state index in [1.165, 1.54) is 178 Å². The van der Waals surface area contributed by atoms with E-state index in [1.54, 1.807) is 0 Å². The molecule has 678 valence electrons. The average molecular weight is 1760 g/mol. The van der Waals surface area contributed by atoms with Gasteiger partial charge in [0.2, 0.25) is 5.71 Å². The molecule has 15 aromatic rings. The van der Waals surface area contributed by atoms with E-state index in [9.17, 15) is 0 Å². The number of aryl methyl sites for hydroxylation is 5. The molecule has 0 saturated heterocycles. The van der Waals surface area contributed by atoms with Crippen LogP contribution in [-0.4, -0.2) is 29.9 Å². The number of hydrogen-bond acceptors (Lipinski definition) is 16. The van der Waals surface area contributed by atoms with Gasteiger partial charge in [0.25, 0.3) is 0 Å². The van der Waals surface area contributed by atoms with Gasteiger partial charge in [0.05, 0.1) is 57.9 Å². The first-order chi connectivity index (χ1) is 63.4. The fourth-order valence-corrected chi connectivity index (χ4v) is 29.8. The molecule has 16 heteroatoms. The maximum atomic E-state index is 6.54. The van der Waals surface area contributed by atoms with Crippen LogP contribution >= 0.6 is 0 Å². The molecule has 28 rings (SSSR count). The Hall–Kier alpha value is -11.5. The number of furan rings is 5. The van der Waals surface area contributed by atoms with E-state index in [0.29, 0.717) is 11.8 Å². The lowest BCUT2D eigenvalue weighted by atomic mass is 9.47. The number of anilines is 5. The molecular formula is C116H129N11O5. The van der Waals surface area contributed by atoms with Crippen LogP contribution in [0.4, 0.5) is 28.6 Å². The maximum Gasteiger partial charge on any atom is 0.226 e. The van der Waals surface area contributed by atoms with Crippen molar-refractivity contribution in [1.82, 2.24) is 29.9 Å². The fraction of sp³-hybridized carbons (Fsp3) is 0.448. The highest BCUT2D eigenvalue weighted by Gasteiger charge is 2.70. The van der Waals surface area contributed by atoms with Gasteiger partial charge in [-0.05, 0) is 293 Å². The van der Waals surface area contributed by atoms with Crippen molar-refractivity contribution in [2.45, 2.75) is 297 Å². The molecule has 6 fully saturated rings. The van der Waals surface area contributed by atoms with Crippen LogP contribution in [0.1, 0.15) is 320 Å². The predicted octanol–water partition coefficient (Wildman–Crippen LogP) is 29.6. The summed E-state index contributed by atoms with van der Waals surface area (Å²) in [6.07, 6.45) is 29.3. The molecule has 0 N–H and O–H groups in total. The van der Waals surface area contributed by atoms with Gasteiger partial charge in [-0.25, -0.2) is 9.97 Å². The molecule has 7 unspecified atom stereocenters. The van der Waals surface area contributed by atoms with E-state index in [1.807, 2.05) is 91.8 Å². The molecule has 3 spiro atoms. The molecule has 11 aromatic heterocycles. The summed E-state index contributed by atoms with van der Waals surface area (Å²) in [5.74, 6) is 9.92. The molecule has 0 amide bonds. The van der Waals surface area contributed by atoms with Crippen LogP contribution in [0.2, 0.25) is 0 Å². The molecule has 6 saturated carbocycles. The summed E-state index contributed by atoms with van der Waals surface area (Å²) in [6.45, 7) is 46.6. The van der Waals surface area contributed by atoms with Gasteiger partial charge in [0, 0.05) is 104 Å². The van der Waals surface area contributed by atoms with Crippen LogP contribution < -0.4 is 24.5 Å². The second-order valence-corrected chi connectivity index (χ2v) is 44.0. The molecule has 6 aliphatic carbocycles. The molecule has 7 aliphatic heterocycles. The molecular weight excluding hydrogens is 1630 g/mol. The van der Waals surface area contributed by atoms with E-state index in [-0.39, 0.29) is 79.6 Å². The summed E-state index contributed by atoms with van der Waals surface area (Å²) in [7, 11) is 0. The van der Waals surface area contributed by atoms with Gasteiger partial charge >= 0.3 is 0 Å². The number of fused-ring (bicyclic) bond motifs is 25. The highest BCUT2D eigenvalue weighted by molar-refractivity contribution is 5.90. The minimum absolute atomic E-state index is 0.000687. The molecule has 132 heavy (non-hydrogen) atoms. The Bertz CT molecular complexity index is 6910. The normalized spacial score (nSPS) is 27.4. The van der Waals surface area contributed by atoms with Crippen molar-refractivity contribution in [3.05, 3.63) is 290 Å². The van der Waals surface area contributed by atoms with Crippen LogP contribution in [0.3, 0.4) is 0 Å². The third-order valence-electron chi connectivity index (χ3n) is 37.1. The third-order valence-corrected chi connectivity index (χ3v) is 37.1. The number of nitrogens with zero attached hydrogens (tertiary/aromatic N) is 11. The zero-order chi connectivity index (χ0) is 91.4. The highest BCUT2D eigenvalue weighted by Crippen LogP contribution is 2.74. The Morgan fingerprint density at radius 1 is 0.303 bits per heavy atom. The summed E-state index contributed by atoms with van der Waals surface area (Å²) >= 11 is 0. The van der Waals surface area contributed by atoms with Crippen LogP contribution in [0.25, 0.3) is 55.5 Å². The van der Waals surface area contributed by atoms with Crippen LogP contribution in [0, 0.1) is 69.1 Å². The molecule has 16 nitrogen and oxygen atoms in total. The van der Waals surface area contributed by atoms with E-state index < -0.39 is 0 Å².